The third kappa shape index (κ3) is 5.76. The van der Waals surface area contributed by atoms with Crippen molar-refractivity contribution in [3.05, 3.63) is 65.3 Å². The van der Waals surface area contributed by atoms with E-state index in [1.54, 1.807) is 42.5 Å². The standard InChI is InChI=1S/C21H20ClF3N4O/c1-3-13(2)30-17-9-7-15(8-10-17)28-20-26-12-18(21(23,24)25)19(29-20)27-16-6-4-5-14(22)11-16/h4-13H,3H2,1-2H3,(H2,26,27,28,29). The van der Waals surface area contributed by atoms with Gasteiger partial charge in [0.25, 0.3) is 0 Å². The molecule has 30 heavy (non-hydrogen) atoms. The highest BCUT2D eigenvalue weighted by Crippen LogP contribution is 2.35. The molecule has 0 saturated heterocycles. The topological polar surface area (TPSA) is 59.1 Å². The number of halogens is 4. The van der Waals surface area contributed by atoms with Crippen LogP contribution in [-0.2, 0) is 6.18 Å². The molecule has 0 fully saturated rings. The van der Waals surface area contributed by atoms with Crippen LogP contribution in [-0.4, -0.2) is 16.1 Å². The van der Waals surface area contributed by atoms with Crippen LogP contribution in [0.25, 0.3) is 0 Å². The number of aromatic nitrogens is 2. The Morgan fingerprint density at radius 3 is 2.43 bits per heavy atom. The van der Waals surface area contributed by atoms with E-state index >= 15 is 0 Å². The van der Waals surface area contributed by atoms with E-state index in [1.165, 1.54) is 6.07 Å². The van der Waals surface area contributed by atoms with E-state index in [-0.39, 0.29) is 17.9 Å². The Morgan fingerprint density at radius 1 is 1.07 bits per heavy atom. The number of hydrogen-bond acceptors (Lipinski definition) is 5. The molecule has 5 nitrogen and oxygen atoms in total. The van der Waals surface area contributed by atoms with Crippen molar-refractivity contribution >= 4 is 34.7 Å². The van der Waals surface area contributed by atoms with Crippen molar-refractivity contribution in [2.24, 2.45) is 0 Å². The Balaban J connectivity index is 1.83. The van der Waals surface area contributed by atoms with Crippen molar-refractivity contribution < 1.29 is 17.9 Å². The van der Waals surface area contributed by atoms with Crippen molar-refractivity contribution in [3.8, 4) is 5.75 Å². The molecule has 1 aromatic heterocycles. The maximum absolute atomic E-state index is 13.4. The number of nitrogens with one attached hydrogen (secondary N) is 2. The van der Waals surface area contributed by atoms with Gasteiger partial charge in [-0.1, -0.05) is 24.6 Å². The van der Waals surface area contributed by atoms with E-state index in [0.717, 1.165) is 12.6 Å². The van der Waals surface area contributed by atoms with E-state index < -0.39 is 11.7 Å². The SMILES string of the molecule is CCC(C)Oc1ccc(Nc2ncc(C(F)(F)F)c(Nc3cccc(Cl)c3)n2)cc1. The molecule has 3 aromatic rings. The highest BCUT2D eigenvalue weighted by atomic mass is 35.5. The molecule has 158 valence electrons. The lowest BCUT2D eigenvalue weighted by Gasteiger charge is -2.15. The first-order valence-corrected chi connectivity index (χ1v) is 9.63. The van der Waals surface area contributed by atoms with Crippen LogP contribution in [0.1, 0.15) is 25.8 Å². The summed E-state index contributed by atoms with van der Waals surface area (Å²) in [5.41, 5.74) is 0.00879. The molecule has 1 atom stereocenters. The molecule has 0 aliphatic rings. The normalized spacial score (nSPS) is 12.3. The molecule has 1 unspecified atom stereocenters. The Labute approximate surface area is 177 Å². The van der Waals surface area contributed by atoms with Gasteiger partial charge >= 0.3 is 6.18 Å². The fourth-order valence-electron chi connectivity index (χ4n) is 2.51. The third-order valence-electron chi connectivity index (χ3n) is 4.20. The number of anilines is 4. The van der Waals surface area contributed by atoms with Crippen LogP contribution >= 0.6 is 11.6 Å². The first-order chi connectivity index (χ1) is 14.2. The highest BCUT2D eigenvalue weighted by Gasteiger charge is 2.35. The van der Waals surface area contributed by atoms with Crippen molar-refractivity contribution in [3.63, 3.8) is 0 Å². The molecule has 9 heteroatoms. The molecule has 0 aliphatic carbocycles. The second kappa shape index (κ2) is 9.21. The average molecular weight is 437 g/mol. The molecule has 1 heterocycles. The van der Waals surface area contributed by atoms with Gasteiger partial charge in [0.2, 0.25) is 5.95 Å². The summed E-state index contributed by atoms with van der Waals surface area (Å²) in [4.78, 5) is 7.82. The van der Waals surface area contributed by atoms with E-state index in [9.17, 15) is 13.2 Å². The van der Waals surface area contributed by atoms with Gasteiger partial charge in [-0.15, -0.1) is 0 Å². The molecule has 2 N–H and O–H groups in total. The molecular weight excluding hydrogens is 417 g/mol. The Morgan fingerprint density at radius 2 is 1.80 bits per heavy atom. The Hall–Kier alpha value is -3.00. The second-order valence-electron chi connectivity index (χ2n) is 6.58. The fraction of sp³-hybridized carbons (Fsp3) is 0.238. The summed E-state index contributed by atoms with van der Waals surface area (Å²) in [6.07, 6.45) is -2.92. The van der Waals surface area contributed by atoms with Crippen molar-refractivity contribution in [1.82, 2.24) is 9.97 Å². The summed E-state index contributed by atoms with van der Waals surface area (Å²) in [6, 6.07) is 13.4. The van der Waals surface area contributed by atoms with Crippen LogP contribution in [0.2, 0.25) is 5.02 Å². The van der Waals surface area contributed by atoms with Gasteiger partial charge in [0.05, 0.1) is 6.10 Å². The van der Waals surface area contributed by atoms with E-state index in [1.807, 2.05) is 13.8 Å². The van der Waals surface area contributed by atoms with Crippen molar-refractivity contribution in [2.75, 3.05) is 10.6 Å². The molecule has 0 saturated carbocycles. The minimum atomic E-state index is -4.62. The zero-order chi connectivity index (χ0) is 21.7. The molecule has 0 radical (unpaired) electrons. The van der Waals surface area contributed by atoms with Gasteiger partial charge in [0, 0.05) is 22.6 Å². The molecule has 0 aliphatic heterocycles. The molecule has 2 aromatic carbocycles. The lowest BCUT2D eigenvalue weighted by molar-refractivity contribution is -0.137. The smallest absolute Gasteiger partial charge is 0.421 e. The number of ether oxygens (including phenoxy) is 1. The predicted octanol–water partition coefficient (Wildman–Crippen LogP) is 6.81. The fourth-order valence-corrected chi connectivity index (χ4v) is 2.70. The average Bonchev–Trinajstić information content (AvgIpc) is 2.68. The quantitative estimate of drug-likeness (QED) is 0.426. The summed E-state index contributed by atoms with van der Waals surface area (Å²) in [5.74, 6) is 0.341. The summed E-state index contributed by atoms with van der Waals surface area (Å²) in [5, 5.41) is 5.96. The molecular formula is C21H20ClF3N4O. The zero-order valence-corrected chi connectivity index (χ0v) is 17.1. The van der Waals surface area contributed by atoms with E-state index in [0.29, 0.717) is 22.1 Å². The Kier molecular flexibility index (Phi) is 6.66. The number of nitrogens with zero attached hydrogens (tertiary/aromatic N) is 2. The Bertz CT molecular complexity index is 996. The van der Waals surface area contributed by atoms with Gasteiger partial charge < -0.3 is 15.4 Å². The van der Waals surface area contributed by atoms with E-state index in [2.05, 4.69) is 20.6 Å². The van der Waals surface area contributed by atoms with Crippen molar-refractivity contribution in [1.29, 1.82) is 0 Å². The first-order valence-electron chi connectivity index (χ1n) is 9.25. The van der Waals surface area contributed by atoms with Gasteiger partial charge in [0.15, 0.2) is 0 Å². The van der Waals surface area contributed by atoms with Crippen LogP contribution in [0, 0.1) is 0 Å². The monoisotopic (exact) mass is 436 g/mol. The van der Waals surface area contributed by atoms with Gasteiger partial charge in [-0.3, -0.25) is 0 Å². The lowest BCUT2D eigenvalue weighted by Crippen LogP contribution is -2.12. The van der Waals surface area contributed by atoms with Crippen LogP contribution in [0.4, 0.5) is 36.3 Å². The molecule has 0 spiro atoms. The summed E-state index contributed by atoms with van der Waals surface area (Å²) in [6.45, 7) is 3.99. The van der Waals surface area contributed by atoms with Gasteiger partial charge in [-0.2, -0.15) is 18.2 Å². The largest absolute Gasteiger partial charge is 0.491 e. The highest BCUT2D eigenvalue weighted by molar-refractivity contribution is 6.30. The molecule has 0 bridgehead atoms. The number of rotatable bonds is 7. The van der Waals surface area contributed by atoms with Crippen LogP contribution in [0.15, 0.2) is 54.7 Å². The number of benzene rings is 2. The van der Waals surface area contributed by atoms with Gasteiger partial charge in [0.1, 0.15) is 17.1 Å². The van der Waals surface area contributed by atoms with Crippen molar-refractivity contribution in [2.45, 2.75) is 32.5 Å². The van der Waals surface area contributed by atoms with Crippen LogP contribution < -0.4 is 15.4 Å². The van der Waals surface area contributed by atoms with Gasteiger partial charge in [-0.25, -0.2) is 4.98 Å². The van der Waals surface area contributed by atoms with E-state index in [4.69, 9.17) is 16.3 Å². The minimum Gasteiger partial charge on any atom is -0.491 e. The number of hydrogen-bond donors (Lipinski definition) is 2. The maximum atomic E-state index is 13.4. The van der Waals surface area contributed by atoms with Crippen LogP contribution in [0.5, 0.6) is 5.75 Å². The summed E-state index contributed by atoms with van der Waals surface area (Å²) < 4.78 is 45.9. The maximum Gasteiger partial charge on any atom is 0.421 e. The van der Waals surface area contributed by atoms with Gasteiger partial charge in [-0.05, 0) is 55.8 Å². The lowest BCUT2D eigenvalue weighted by atomic mass is 10.2. The second-order valence-corrected chi connectivity index (χ2v) is 7.01. The third-order valence-corrected chi connectivity index (χ3v) is 4.44. The first kappa shape index (κ1) is 21.7. The molecule has 3 rings (SSSR count). The summed E-state index contributed by atoms with van der Waals surface area (Å²) in [7, 11) is 0. The molecule has 0 amide bonds. The minimum absolute atomic E-state index is 0.0168. The zero-order valence-electron chi connectivity index (χ0n) is 16.3. The van der Waals surface area contributed by atoms with Crippen LogP contribution in [0.3, 0.4) is 0 Å². The predicted molar refractivity (Wildman–Crippen MR) is 112 cm³/mol. The summed E-state index contributed by atoms with van der Waals surface area (Å²) >= 11 is 5.92. The number of alkyl halides is 3.